The van der Waals surface area contributed by atoms with E-state index in [9.17, 15) is 19.2 Å². The lowest BCUT2D eigenvalue weighted by Crippen LogP contribution is -2.28. The molecule has 182 valence electrons. The number of hydrogen-bond acceptors (Lipinski definition) is 8. The van der Waals surface area contributed by atoms with E-state index in [1.54, 1.807) is 6.92 Å². The molecule has 32 heavy (non-hydrogen) atoms. The van der Waals surface area contributed by atoms with E-state index in [1.807, 2.05) is 0 Å². The van der Waals surface area contributed by atoms with Crippen molar-refractivity contribution in [3.63, 3.8) is 0 Å². The first-order chi connectivity index (χ1) is 15.0. The van der Waals surface area contributed by atoms with Gasteiger partial charge in [-0.2, -0.15) is 0 Å². The number of carbonyl (C=O) groups is 4. The van der Waals surface area contributed by atoms with Gasteiger partial charge in [0.05, 0.1) is 0 Å². The molecule has 2 unspecified atom stereocenters. The summed E-state index contributed by atoms with van der Waals surface area (Å²) in [5.74, 6) is -0.688. The summed E-state index contributed by atoms with van der Waals surface area (Å²) in [4.78, 5) is 45.8. The van der Waals surface area contributed by atoms with Crippen molar-refractivity contribution in [1.29, 1.82) is 0 Å². The fourth-order valence-corrected chi connectivity index (χ4v) is 2.64. The zero-order chi connectivity index (χ0) is 24.5. The lowest BCUT2D eigenvalue weighted by Gasteiger charge is -2.17. The van der Waals surface area contributed by atoms with E-state index in [4.69, 9.17) is 18.9 Å². The van der Waals surface area contributed by atoms with Crippen LogP contribution in [0.4, 0.5) is 4.79 Å². The number of alkyl carbamates (subject to hydrolysis) is 1. The number of ether oxygens (including phenoxy) is 4. The van der Waals surface area contributed by atoms with Gasteiger partial charge in [-0.25, -0.2) is 14.4 Å². The molecule has 0 radical (unpaired) electrons. The van der Waals surface area contributed by atoms with Gasteiger partial charge < -0.3 is 24.3 Å². The second kappa shape index (κ2) is 16.8. The zero-order valence-electron chi connectivity index (χ0n) is 19.7. The Morgan fingerprint density at radius 2 is 1.22 bits per heavy atom. The highest BCUT2D eigenvalue weighted by molar-refractivity contribution is 5.87. The molecule has 0 saturated carbocycles. The minimum absolute atomic E-state index is 0.0130. The van der Waals surface area contributed by atoms with Crippen LogP contribution in [0.25, 0.3) is 0 Å². The van der Waals surface area contributed by atoms with Gasteiger partial charge >= 0.3 is 24.0 Å². The summed E-state index contributed by atoms with van der Waals surface area (Å²) in [6.45, 7) is 14.6. The Bertz CT molecular complexity index is 658. The van der Waals surface area contributed by atoms with Crippen molar-refractivity contribution in [2.75, 3.05) is 33.0 Å². The minimum atomic E-state index is -0.562. The van der Waals surface area contributed by atoms with Gasteiger partial charge in [0.25, 0.3) is 0 Å². The minimum Gasteiger partial charge on any atom is -0.462 e. The first kappa shape index (κ1) is 29.2. The number of nitrogens with one attached hydrogen (secondary N) is 1. The largest absolute Gasteiger partial charge is 0.462 e. The second-order valence-corrected chi connectivity index (χ2v) is 7.89. The Hall–Kier alpha value is -2.84. The molecule has 9 nitrogen and oxygen atoms in total. The summed E-state index contributed by atoms with van der Waals surface area (Å²) >= 11 is 0. The smallest absolute Gasteiger partial charge is 0.407 e. The number of amides is 1. The molecule has 0 aromatic rings. The molecule has 1 amide bonds. The van der Waals surface area contributed by atoms with Gasteiger partial charge in [0.2, 0.25) is 0 Å². The summed E-state index contributed by atoms with van der Waals surface area (Å²) in [6.07, 6.45) is 2.09. The molecule has 0 aliphatic rings. The third kappa shape index (κ3) is 15.9. The fraction of sp³-hybridized carbons (Fsp3) is 0.652. The summed E-state index contributed by atoms with van der Waals surface area (Å²) < 4.78 is 19.6. The summed E-state index contributed by atoms with van der Waals surface area (Å²) in [7, 11) is 0. The molecule has 0 aliphatic heterocycles. The molecule has 0 spiro atoms. The van der Waals surface area contributed by atoms with Crippen molar-refractivity contribution in [2.45, 2.75) is 53.4 Å². The van der Waals surface area contributed by atoms with E-state index in [-0.39, 0.29) is 38.0 Å². The molecule has 2 atom stereocenters. The fourth-order valence-electron chi connectivity index (χ4n) is 2.64. The quantitative estimate of drug-likeness (QED) is 0.163. The molecule has 0 aromatic carbocycles. The maximum Gasteiger partial charge on any atom is 0.407 e. The molecule has 0 aromatic heterocycles. The zero-order valence-corrected chi connectivity index (χ0v) is 19.7. The van der Waals surface area contributed by atoms with Gasteiger partial charge in [-0.1, -0.05) is 27.0 Å². The molecule has 0 rings (SSSR count). The van der Waals surface area contributed by atoms with Crippen LogP contribution in [0.3, 0.4) is 0 Å². The normalized spacial score (nSPS) is 12.1. The van der Waals surface area contributed by atoms with Crippen LogP contribution < -0.4 is 5.32 Å². The van der Waals surface area contributed by atoms with E-state index in [0.29, 0.717) is 36.8 Å². The second-order valence-electron chi connectivity index (χ2n) is 7.89. The molecule has 0 aliphatic carbocycles. The van der Waals surface area contributed by atoms with Crippen LogP contribution in [0, 0.1) is 11.8 Å². The Morgan fingerprint density at radius 3 is 1.75 bits per heavy atom. The van der Waals surface area contributed by atoms with Crippen LogP contribution in [0.2, 0.25) is 0 Å². The highest BCUT2D eigenvalue weighted by Gasteiger charge is 2.13. The Morgan fingerprint density at radius 1 is 0.750 bits per heavy atom. The van der Waals surface area contributed by atoms with Gasteiger partial charge in [0.15, 0.2) is 0 Å². The average Bonchev–Trinajstić information content (AvgIpc) is 2.72. The van der Waals surface area contributed by atoms with E-state index < -0.39 is 18.0 Å². The van der Waals surface area contributed by atoms with Crippen molar-refractivity contribution in [3.8, 4) is 0 Å². The first-order valence-electron chi connectivity index (χ1n) is 10.7. The lowest BCUT2D eigenvalue weighted by molar-refractivity contribution is -0.150. The van der Waals surface area contributed by atoms with Crippen LogP contribution >= 0.6 is 0 Å². The third-order valence-corrected chi connectivity index (χ3v) is 4.38. The number of esters is 3. The van der Waals surface area contributed by atoms with E-state index >= 15 is 0 Å². The molecule has 1 N–H and O–H groups in total. The van der Waals surface area contributed by atoms with Gasteiger partial charge in [0, 0.05) is 24.1 Å². The SMILES string of the molecule is C=C(C)C(=O)OCCOC(=O)CCC(C)CC(C)CCNC(=O)OCCOC(=O)C(=C)C. The van der Waals surface area contributed by atoms with Crippen molar-refractivity contribution < 1.29 is 38.1 Å². The molecule has 0 saturated heterocycles. The van der Waals surface area contributed by atoms with Crippen molar-refractivity contribution in [1.82, 2.24) is 5.32 Å². The average molecular weight is 456 g/mol. The Labute approximate surface area is 190 Å². The number of carbonyl (C=O) groups excluding carboxylic acids is 4. The van der Waals surface area contributed by atoms with Crippen molar-refractivity contribution in [2.24, 2.45) is 11.8 Å². The van der Waals surface area contributed by atoms with Crippen molar-refractivity contribution >= 4 is 24.0 Å². The predicted octanol–water partition coefficient (Wildman–Crippen LogP) is 3.33. The highest BCUT2D eigenvalue weighted by Crippen LogP contribution is 2.19. The van der Waals surface area contributed by atoms with Gasteiger partial charge in [0.1, 0.15) is 26.4 Å². The lowest BCUT2D eigenvalue weighted by atomic mass is 9.91. The van der Waals surface area contributed by atoms with Gasteiger partial charge in [-0.05, 0) is 44.9 Å². The topological polar surface area (TPSA) is 117 Å². The Balaban J connectivity index is 3.78. The number of hydrogen-bond donors (Lipinski definition) is 1. The van der Waals surface area contributed by atoms with Crippen LogP contribution in [-0.4, -0.2) is 57.0 Å². The van der Waals surface area contributed by atoms with Gasteiger partial charge in [-0.15, -0.1) is 0 Å². The van der Waals surface area contributed by atoms with E-state index in [1.165, 1.54) is 6.92 Å². The summed E-state index contributed by atoms with van der Waals surface area (Å²) in [6, 6.07) is 0. The van der Waals surface area contributed by atoms with Crippen LogP contribution in [0.1, 0.15) is 53.4 Å². The van der Waals surface area contributed by atoms with E-state index in [0.717, 1.165) is 12.8 Å². The van der Waals surface area contributed by atoms with Crippen LogP contribution in [-0.2, 0) is 33.3 Å². The Kier molecular flexibility index (Phi) is 15.3. The molecule has 0 fully saturated rings. The molecule has 9 heteroatoms. The maximum atomic E-state index is 11.8. The first-order valence-corrected chi connectivity index (χ1v) is 10.7. The molecular formula is C23H37NO8. The summed E-state index contributed by atoms with van der Waals surface area (Å²) in [5.41, 5.74) is 0.587. The number of rotatable bonds is 16. The van der Waals surface area contributed by atoms with Gasteiger partial charge in [-0.3, -0.25) is 4.79 Å². The van der Waals surface area contributed by atoms with E-state index in [2.05, 4.69) is 32.3 Å². The molecular weight excluding hydrogens is 418 g/mol. The summed E-state index contributed by atoms with van der Waals surface area (Å²) in [5, 5.41) is 2.66. The van der Waals surface area contributed by atoms with Crippen molar-refractivity contribution in [3.05, 3.63) is 24.3 Å². The van der Waals surface area contributed by atoms with Crippen LogP contribution in [0.15, 0.2) is 24.3 Å². The molecule has 0 heterocycles. The highest BCUT2D eigenvalue weighted by atomic mass is 16.6. The maximum absolute atomic E-state index is 11.8. The monoisotopic (exact) mass is 455 g/mol. The van der Waals surface area contributed by atoms with Crippen LogP contribution in [0.5, 0.6) is 0 Å². The standard InChI is InChI=1S/C23H37NO8/c1-16(2)21(26)30-12-11-29-20(25)8-7-18(5)15-19(6)9-10-24-23(28)32-14-13-31-22(27)17(3)4/h18-19H,1,3,7-15H2,2,4-6H3,(H,24,28). The third-order valence-electron chi connectivity index (χ3n) is 4.38. The molecule has 0 bridgehead atoms. The predicted molar refractivity (Wildman–Crippen MR) is 119 cm³/mol.